The Labute approximate surface area is 81.4 Å². The van der Waals surface area contributed by atoms with Crippen molar-refractivity contribution in [3.8, 4) is 0 Å². The van der Waals surface area contributed by atoms with Gasteiger partial charge in [-0.05, 0) is 12.8 Å². The minimum atomic E-state index is -0.414. The van der Waals surface area contributed by atoms with Crippen LogP contribution in [0.1, 0.15) is 19.3 Å². The number of hydrogen-bond donors (Lipinski definition) is 1. The maximum atomic E-state index is 11.4. The highest BCUT2D eigenvalue weighted by molar-refractivity contribution is 6.07. The van der Waals surface area contributed by atoms with Crippen LogP contribution in [-0.2, 0) is 14.4 Å². The van der Waals surface area contributed by atoms with E-state index in [4.69, 9.17) is 0 Å². The maximum absolute atomic E-state index is 11.4. The van der Waals surface area contributed by atoms with Gasteiger partial charge in [0.15, 0.2) is 5.78 Å². The molecular formula is C9H12N2O3. The summed E-state index contributed by atoms with van der Waals surface area (Å²) in [7, 11) is 0. The third-order valence-corrected chi connectivity index (χ3v) is 2.65. The lowest BCUT2D eigenvalue weighted by atomic mass is 10.1. The van der Waals surface area contributed by atoms with Gasteiger partial charge in [0.05, 0.1) is 13.0 Å². The quantitative estimate of drug-likeness (QED) is 0.551. The first-order chi connectivity index (χ1) is 6.68. The maximum Gasteiger partial charge on any atom is 0.242 e. The molecule has 0 aliphatic carbocycles. The van der Waals surface area contributed by atoms with Crippen molar-refractivity contribution in [1.82, 2.24) is 10.2 Å². The Bertz CT molecular complexity index is 300. The number of ketones is 1. The van der Waals surface area contributed by atoms with Gasteiger partial charge in [0, 0.05) is 6.54 Å². The molecule has 2 aliphatic heterocycles. The fourth-order valence-corrected chi connectivity index (χ4v) is 1.94. The van der Waals surface area contributed by atoms with Gasteiger partial charge in [-0.2, -0.15) is 0 Å². The molecule has 2 fully saturated rings. The molecule has 2 heterocycles. The molecule has 2 saturated heterocycles. The number of hydrogen-bond acceptors (Lipinski definition) is 3. The molecular weight excluding hydrogens is 184 g/mol. The van der Waals surface area contributed by atoms with Gasteiger partial charge in [0.2, 0.25) is 11.8 Å². The summed E-state index contributed by atoms with van der Waals surface area (Å²) in [4.78, 5) is 35.2. The Balaban J connectivity index is 2.10. The first-order valence-corrected chi connectivity index (χ1v) is 4.77. The van der Waals surface area contributed by atoms with E-state index in [2.05, 4.69) is 5.32 Å². The van der Waals surface area contributed by atoms with Crippen molar-refractivity contribution in [3.05, 3.63) is 0 Å². The van der Waals surface area contributed by atoms with Gasteiger partial charge in [0.25, 0.3) is 0 Å². The van der Waals surface area contributed by atoms with Gasteiger partial charge < -0.3 is 10.2 Å². The van der Waals surface area contributed by atoms with Crippen LogP contribution in [0.3, 0.4) is 0 Å². The van der Waals surface area contributed by atoms with E-state index < -0.39 is 6.04 Å². The molecule has 5 heteroatoms. The molecule has 1 unspecified atom stereocenters. The Hall–Kier alpha value is -1.39. The van der Waals surface area contributed by atoms with Crippen molar-refractivity contribution < 1.29 is 14.4 Å². The normalized spacial score (nSPS) is 28.1. The molecule has 1 atom stereocenters. The SMILES string of the molecule is O=C1CC(=O)N(C2CCCNC2=O)C1. The first-order valence-electron chi connectivity index (χ1n) is 4.77. The number of likely N-dealkylation sites (tertiary alicyclic amines) is 1. The summed E-state index contributed by atoms with van der Waals surface area (Å²) in [6.45, 7) is 0.780. The lowest BCUT2D eigenvalue weighted by molar-refractivity contribution is -0.138. The lowest BCUT2D eigenvalue weighted by Gasteiger charge is -2.29. The number of amides is 2. The van der Waals surface area contributed by atoms with Crippen LogP contribution in [0.5, 0.6) is 0 Å². The summed E-state index contributed by atoms with van der Waals surface area (Å²) < 4.78 is 0. The number of carbonyl (C=O) groups excluding carboxylic acids is 3. The number of nitrogens with zero attached hydrogens (tertiary/aromatic N) is 1. The average molecular weight is 196 g/mol. The van der Waals surface area contributed by atoms with E-state index in [1.165, 1.54) is 4.90 Å². The number of rotatable bonds is 1. The van der Waals surface area contributed by atoms with Crippen LogP contribution in [0.4, 0.5) is 0 Å². The van der Waals surface area contributed by atoms with Crippen molar-refractivity contribution in [2.24, 2.45) is 0 Å². The number of Topliss-reactive ketones (excluding diaryl/α,β-unsaturated/α-hetero) is 1. The van der Waals surface area contributed by atoms with Crippen LogP contribution >= 0.6 is 0 Å². The number of carbonyl (C=O) groups is 3. The van der Waals surface area contributed by atoms with Crippen LogP contribution in [0, 0.1) is 0 Å². The van der Waals surface area contributed by atoms with Crippen molar-refractivity contribution in [2.75, 3.05) is 13.1 Å². The molecule has 0 aromatic carbocycles. The van der Waals surface area contributed by atoms with Crippen molar-refractivity contribution >= 4 is 17.6 Å². The summed E-state index contributed by atoms with van der Waals surface area (Å²) in [5.74, 6) is -0.426. The van der Waals surface area contributed by atoms with Gasteiger partial charge in [0.1, 0.15) is 6.04 Å². The van der Waals surface area contributed by atoms with Gasteiger partial charge >= 0.3 is 0 Å². The standard InChI is InChI=1S/C9H12N2O3/c12-6-4-8(13)11(5-6)7-2-1-3-10-9(7)14/h7H,1-5H2,(H,10,14). The second kappa shape index (κ2) is 3.40. The summed E-state index contributed by atoms with van der Waals surface area (Å²) >= 11 is 0. The zero-order valence-corrected chi connectivity index (χ0v) is 7.78. The molecule has 0 bridgehead atoms. The molecule has 0 saturated carbocycles. The van der Waals surface area contributed by atoms with Crippen LogP contribution in [0.25, 0.3) is 0 Å². The topological polar surface area (TPSA) is 66.5 Å². The summed E-state index contributed by atoms with van der Waals surface area (Å²) in [6.07, 6.45) is 1.50. The summed E-state index contributed by atoms with van der Waals surface area (Å²) in [5, 5.41) is 2.70. The second-order valence-corrected chi connectivity index (χ2v) is 3.69. The van der Waals surface area contributed by atoms with Crippen LogP contribution in [0.2, 0.25) is 0 Å². The highest BCUT2D eigenvalue weighted by Crippen LogP contribution is 2.17. The van der Waals surface area contributed by atoms with Gasteiger partial charge in [-0.15, -0.1) is 0 Å². The third kappa shape index (κ3) is 1.49. The lowest BCUT2D eigenvalue weighted by Crippen LogP contribution is -2.51. The highest BCUT2D eigenvalue weighted by atomic mass is 16.2. The van der Waals surface area contributed by atoms with E-state index in [0.29, 0.717) is 13.0 Å². The largest absolute Gasteiger partial charge is 0.354 e. The fourth-order valence-electron chi connectivity index (χ4n) is 1.94. The Morgan fingerprint density at radius 1 is 1.29 bits per heavy atom. The van der Waals surface area contributed by atoms with Crippen LogP contribution in [0.15, 0.2) is 0 Å². The molecule has 0 spiro atoms. The van der Waals surface area contributed by atoms with E-state index in [9.17, 15) is 14.4 Å². The monoisotopic (exact) mass is 196 g/mol. The van der Waals surface area contributed by atoms with Gasteiger partial charge in [-0.3, -0.25) is 14.4 Å². The number of nitrogens with one attached hydrogen (secondary N) is 1. The molecule has 5 nitrogen and oxygen atoms in total. The van der Waals surface area contributed by atoms with Gasteiger partial charge in [-0.25, -0.2) is 0 Å². The minimum Gasteiger partial charge on any atom is -0.354 e. The van der Waals surface area contributed by atoms with Gasteiger partial charge in [-0.1, -0.05) is 0 Å². The van der Waals surface area contributed by atoms with E-state index >= 15 is 0 Å². The van der Waals surface area contributed by atoms with Crippen LogP contribution in [-0.4, -0.2) is 41.6 Å². The fraction of sp³-hybridized carbons (Fsp3) is 0.667. The summed E-state index contributed by atoms with van der Waals surface area (Å²) in [6, 6.07) is -0.414. The molecule has 76 valence electrons. The molecule has 0 aromatic rings. The highest BCUT2D eigenvalue weighted by Gasteiger charge is 2.37. The summed E-state index contributed by atoms with van der Waals surface area (Å²) in [5.41, 5.74) is 0. The van der Waals surface area contributed by atoms with E-state index in [1.54, 1.807) is 0 Å². The third-order valence-electron chi connectivity index (χ3n) is 2.65. The van der Waals surface area contributed by atoms with E-state index in [1.807, 2.05) is 0 Å². The predicted octanol–water partition coefficient (Wildman–Crippen LogP) is -0.934. The molecule has 2 rings (SSSR count). The average Bonchev–Trinajstić information content (AvgIpc) is 2.46. The molecule has 14 heavy (non-hydrogen) atoms. The zero-order valence-electron chi connectivity index (χ0n) is 7.78. The Kier molecular flexibility index (Phi) is 2.23. The number of piperidine rings is 1. The van der Waals surface area contributed by atoms with E-state index in [-0.39, 0.29) is 30.6 Å². The molecule has 0 aromatic heterocycles. The zero-order chi connectivity index (χ0) is 10.1. The van der Waals surface area contributed by atoms with E-state index in [0.717, 1.165) is 6.42 Å². The molecule has 0 radical (unpaired) electrons. The molecule has 2 amide bonds. The Morgan fingerprint density at radius 3 is 2.64 bits per heavy atom. The molecule has 2 aliphatic rings. The smallest absolute Gasteiger partial charge is 0.242 e. The predicted molar refractivity (Wildman–Crippen MR) is 47.4 cm³/mol. The second-order valence-electron chi connectivity index (χ2n) is 3.69. The first kappa shape index (κ1) is 9.18. The van der Waals surface area contributed by atoms with Crippen molar-refractivity contribution in [3.63, 3.8) is 0 Å². The Morgan fingerprint density at radius 2 is 2.07 bits per heavy atom. The van der Waals surface area contributed by atoms with Crippen molar-refractivity contribution in [1.29, 1.82) is 0 Å². The molecule has 1 N–H and O–H groups in total. The van der Waals surface area contributed by atoms with Crippen molar-refractivity contribution in [2.45, 2.75) is 25.3 Å². The minimum absolute atomic E-state index is 0.0379. The van der Waals surface area contributed by atoms with Crippen LogP contribution < -0.4 is 5.32 Å².